The van der Waals surface area contributed by atoms with E-state index in [9.17, 15) is 9.59 Å². The third-order valence-corrected chi connectivity index (χ3v) is 3.46. The molecule has 1 aliphatic heterocycles. The fourth-order valence-electron chi connectivity index (χ4n) is 2.43. The highest BCUT2D eigenvalue weighted by atomic mass is 16.7. The van der Waals surface area contributed by atoms with E-state index in [1.807, 2.05) is 6.92 Å². The monoisotopic (exact) mass is 254 g/mol. The highest BCUT2D eigenvalue weighted by Crippen LogP contribution is 2.30. The SMILES string of the molecule is CC1CC(=O)C(C(=O)O)=C1COC1CCCCO1. The summed E-state index contributed by atoms with van der Waals surface area (Å²) in [6, 6.07) is 0. The maximum absolute atomic E-state index is 11.6. The molecule has 1 aliphatic carbocycles. The van der Waals surface area contributed by atoms with Crippen LogP contribution >= 0.6 is 0 Å². The van der Waals surface area contributed by atoms with Crippen molar-refractivity contribution in [2.75, 3.05) is 13.2 Å². The molecule has 2 aliphatic rings. The van der Waals surface area contributed by atoms with Gasteiger partial charge in [-0.1, -0.05) is 6.92 Å². The number of ketones is 1. The van der Waals surface area contributed by atoms with E-state index in [1.54, 1.807) is 0 Å². The van der Waals surface area contributed by atoms with Crippen molar-refractivity contribution in [2.24, 2.45) is 5.92 Å². The number of carboxylic acid groups (broad SMARTS) is 1. The van der Waals surface area contributed by atoms with Crippen LogP contribution < -0.4 is 0 Å². The molecule has 0 aromatic rings. The summed E-state index contributed by atoms with van der Waals surface area (Å²) >= 11 is 0. The summed E-state index contributed by atoms with van der Waals surface area (Å²) in [6.45, 7) is 2.72. The highest BCUT2D eigenvalue weighted by molar-refractivity contribution is 6.19. The van der Waals surface area contributed by atoms with Gasteiger partial charge in [-0.15, -0.1) is 0 Å². The van der Waals surface area contributed by atoms with E-state index in [0.29, 0.717) is 12.2 Å². The van der Waals surface area contributed by atoms with Gasteiger partial charge in [0.25, 0.3) is 0 Å². The normalized spacial score (nSPS) is 28.8. The fraction of sp³-hybridized carbons (Fsp3) is 0.692. The van der Waals surface area contributed by atoms with Crippen LogP contribution in [0.4, 0.5) is 0 Å². The second kappa shape index (κ2) is 5.63. The molecule has 1 heterocycles. The van der Waals surface area contributed by atoms with E-state index in [1.165, 1.54) is 0 Å². The van der Waals surface area contributed by atoms with Crippen LogP contribution in [0.5, 0.6) is 0 Å². The number of carboxylic acids is 1. The van der Waals surface area contributed by atoms with Gasteiger partial charge in [-0.2, -0.15) is 0 Å². The number of rotatable bonds is 4. The van der Waals surface area contributed by atoms with Gasteiger partial charge < -0.3 is 14.6 Å². The number of carbonyl (C=O) groups is 2. The molecule has 2 atom stereocenters. The van der Waals surface area contributed by atoms with Gasteiger partial charge in [0.15, 0.2) is 12.1 Å². The highest BCUT2D eigenvalue weighted by Gasteiger charge is 2.34. The first-order valence-electron chi connectivity index (χ1n) is 6.32. The number of Topliss-reactive ketones (excluding diaryl/α,β-unsaturated/α-hetero) is 1. The number of hydrogen-bond acceptors (Lipinski definition) is 4. The lowest BCUT2D eigenvalue weighted by molar-refractivity contribution is -0.157. The van der Waals surface area contributed by atoms with Crippen LogP contribution in [-0.2, 0) is 19.1 Å². The van der Waals surface area contributed by atoms with Crippen LogP contribution in [0.3, 0.4) is 0 Å². The molecule has 5 nitrogen and oxygen atoms in total. The molecule has 0 spiro atoms. The molecule has 100 valence electrons. The van der Waals surface area contributed by atoms with Crippen LogP contribution in [0.2, 0.25) is 0 Å². The lowest BCUT2D eigenvalue weighted by atomic mass is 10.0. The van der Waals surface area contributed by atoms with Crippen LogP contribution in [0.25, 0.3) is 0 Å². The number of hydrogen-bond donors (Lipinski definition) is 1. The largest absolute Gasteiger partial charge is 0.478 e. The molecular formula is C13H18O5. The smallest absolute Gasteiger partial charge is 0.339 e. The van der Waals surface area contributed by atoms with Crippen molar-refractivity contribution in [3.05, 3.63) is 11.1 Å². The van der Waals surface area contributed by atoms with Gasteiger partial charge in [0, 0.05) is 13.0 Å². The standard InChI is InChI=1S/C13H18O5/c1-8-6-10(14)12(13(15)16)9(8)7-18-11-4-2-3-5-17-11/h8,11H,2-7H2,1H3,(H,15,16). The summed E-state index contributed by atoms with van der Waals surface area (Å²) in [6.07, 6.45) is 2.94. The second-order valence-electron chi connectivity index (χ2n) is 4.84. The van der Waals surface area contributed by atoms with E-state index in [4.69, 9.17) is 14.6 Å². The van der Waals surface area contributed by atoms with Gasteiger partial charge in [0.1, 0.15) is 5.57 Å². The molecule has 0 bridgehead atoms. The Labute approximate surface area is 106 Å². The predicted molar refractivity (Wildman–Crippen MR) is 63.0 cm³/mol. The Kier molecular flexibility index (Phi) is 4.14. The molecule has 1 fully saturated rings. The molecule has 5 heteroatoms. The van der Waals surface area contributed by atoms with Gasteiger partial charge in [0.2, 0.25) is 0 Å². The quantitative estimate of drug-likeness (QED) is 0.770. The Bertz CT molecular complexity index is 379. The van der Waals surface area contributed by atoms with Crippen molar-refractivity contribution in [3.8, 4) is 0 Å². The topological polar surface area (TPSA) is 72.8 Å². The molecule has 0 saturated carbocycles. The molecule has 0 aromatic heterocycles. The Hall–Kier alpha value is -1.20. The first-order chi connectivity index (χ1) is 8.59. The van der Waals surface area contributed by atoms with Crippen LogP contribution in [0.15, 0.2) is 11.1 Å². The summed E-state index contributed by atoms with van der Waals surface area (Å²) in [5, 5.41) is 9.04. The minimum Gasteiger partial charge on any atom is -0.478 e. The van der Waals surface area contributed by atoms with Gasteiger partial charge in [-0.3, -0.25) is 4.79 Å². The molecule has 0 radical (unpaired) electrons. The van der Waals surface area contributed by atoms with Crippen molar-refractivity contribution in [3.63, 3.8) is 0 Å². The Balaban J connectivity index is 2.01. The van der Waals surface area contributed by atoms with Crippen molar-refractivity contribution in [1.82, 2.24) is 0 Å². The number of ether oxygens (including phenoxy) is 2. The molecule has 2 unspecified atom stereocenters. The molecule has 0 amide bonds. The number of aliphatic carboxylic acids is 1. The van der Waals surface area contributed by atoms with E-state index < -0.39 is 5.97 Å². The third-order valence-electron chi connectivity index (χ3n) is 3.46. The molecule has 1 N–H and O–H groups in total. The summed E-state index contributed by atoms with van der Waals surface area (Å²) < 4.78 is 11.0. The molecule has 1 saturated heterocycles. The van der Waals surface area contributed by atoms with Crippen LogP contribution in [-0.4, -0.2) is 36.4 Å². The summed E-state index contributed by atoms with van der Waals surface area (Å²) in [5.41, 5.74) is 0.514. The lowest BCUT2D eigenvalue weighted by Crippen LogP contribution is -2.24. The zero-order chi connectivity index (χ0) is 13.1. The average Bonchev–Trinajstić information content (AvgIpc) is 2.62. The zero-order valence-corrected chi connectivity index (χ0v) is 10.5. The summed E-state index contributed by atoms with van der Waals surface area (Å²) in [7, 11) is 0. The summed E-state index contributed by atoms with van der Waals surface area (Å²) in [4.78, 5) is 22.6. The van der Waals surface area contributed by atoms with E-state index >= 15 is 0 Å². The van der Waals surface area contributed by atoms with E-state index in [2.05, 4.69) is 0 Å². The first-order valence-corrected chi connectivity index (χ1v) is 6.32. The van der Waals surface area contributed by atoms with Gasteiger partial charge in [-0.25, -0.2) is 4.79 Å². The third kappa shape index (κ3) is 2.79. The minimum absolute atomic E-state index is 0.0489. The van der Waals surface area contributed by atoms with Crippen LogP contribution in [0, 0.1) is 5.92 Å². The van der Waals surface area contributed by atoms with Gasteiger partial charge in [-0.05, 0) is 30.8 Å². The second-order valence-corrected chi connectivity index (χ2v) is 4.84. The van der Waals surface area contributed by atoms with Gasteiger partial charge in [0.05, 0.1) is 6.61 Å². The Morgan fingerprint density at radius 3 is 2.89 bits per heavy atom. The lowest BCUT2D eigenvalue weighted by Gasteiger charge is -2.23. The van der Waals surface area contributed by atoms with Crippen molar-refractivity contribution in [2.45, 2.75) is 38.9 Å². The Morgan fingerprint density at radius 1 is 1.50 bits per heavy atom. The van der Waals surface area contributed by atoms with Crippen LogP contribution in [0.1, 0.15) is 32.6 Å². The fourth-order valence-corrected chi connectivity index (χ4v) is 2.43. The maximum atomic E-state index is 11.6. The van der Waals surface area contributed by atoms with E-state index in [0.717, 1.165) is 19.3 Å². The minimum atomic E-state index is -1.15. The van der Waals surface area contributed by atoms with Gasteiger partial charge >= 0.3 is 5.97 Å². The number of carbonyl (C=O) groups excluding carboxylic acids is 1. The average molecular weight is 254 g/mol. The zero-order valence-electron chi connectivity index (χ0n) is 10.5. The van der Waals surface area contributed by atoms with Crippen molar-refractivity contribution in [1.29, 1.82) is 0 Å². The molecule has 0 aromatic carbocycles. The Morgan fingerprint density at radius 2 is 2.28 bits per heavy atom. The predicted octanol–water partition coefficient (Wildman–Crippen LogP) is 1.52. The van der Waals surface area contributed by atoms with Crippen molar-refractivity contribution >= 4 is 11.8 Å². The van der Waals surface area contributed by atoms with Crippen molar-refractivity contribution < 1.29 is 24.2 Å². The van der Waals surface area contributed by atoms with E-state index in [-0.39, 0.29) is 36.6 Å². The maximum Gasteiger partial charge on any atom is 0.339 e. The molecule has 18 heavy (non-hydrogen) atoms. The first kappa shape index (κ1) is 13.2. The summed E-state index contributed by atoms with van der Waals surface area (Å²) in [5.74, 6) is -1.49. The molecular weight excluding hydrogens is 236 g/mol. The molecule has 2 rings (SSSR count).